The van der Waals surface area contributed by atoms with Gasteiger partial charge in [-0.15, -0.1) is 0 Å². The predicted octanol–water partition coefficient (Wildman–Crippen LogP) is 3.37. The van der Waals surface area contributed by atoms with Crippen LogP contribution >= 0.6 is 12.2 Å². The van der Waals surface area contributed by atoms with Crippen molar-refractivity contribution in [3.05, 3.63) is 0 Å². The van der Waals surface area contributed by atoms with Crippen molar-refractivity contribution in [2.24, 2.45) is 10.2 Å². The first-order valence-corrected chi connectivity index (χ1v) is 8.72. The van der Waals surface area contributed by atoms with E-state index in [-0.39, 0.29) is 0 Å². The zero-order chi connectivity index (χ0) is 15.1. The smallest absolute Gasteiger partial charge is 0.182 e. The molecule has 0 bridgehead atoms. The number of nitrogens with one attached hydrogen (secondary N) is 2. The van der Waals surface area contributed by atoms with Gasteiger partial charge in [0, 0.05) is 13.1 Å². The van der Waals surface area contributed by atoms with Gasteiger partial charge in [-0.3, -0.25) is 5.43 Å². The average Bonchev–Trinajstić information content (AvgIpc) is 2.47. The van der Waals surface area contributed by atoms with Gasteiger partial charge in [0.05, 0.1) is 6.04 Å². The van der Waals surface area contributed by atoms with Crippen LogP contribution in [0.15, 0.2) is 10.2 Å². The third-order valence-electron chi connectivity index (χ3n) is 4.08. The lowest BCUT2D eigenvalue weighted by molar-refractivity contribution is 0.191. The minimum Gasteiger partial charge on any atom is -0.336 e. The van der Waals surface area contributed by atoms with Gasteiger partial charge in [-0.2, -0.15) is 10.2 Å². The van der Waals surface area contributed by atoms with E-state index in [1.165, 1.54) is 51.4 Å². The Morgan fingerprint density at radius 3 is 2.33 bits per heavy atom. The van der Waals surface area contributed by atoms with Crippen LogP contribution in [0.4, 0.5) is 0 Å². The van der Waals surface area contributed by atoms with E-state index in [1.54, 1.807) is 0 Å². The molecule has 0 amide bonds. The molecule has 1 saturated heterocycles. The fourth-order valence-electron chi connectivity index (χ4n) is 2.90. The van der Waals surface area contributed by atoms with Crippen LogP contribution in [0.3, 0.4) is 0 Å². The number of hydrogen-bond donors (Lipinski definition) is 2. The van der Waals surface area contributed by atoms with Gasteiger partial charge in [-0.05, 0) is 51.7 Å². The van der Waals surface area contributed by atoms with Crippen molar-refractivity contribution < 1.29 is 0 Å². The Morgan fingerprint density at radius 2 is 1.67 bits per heavy atom. The fourth-order valence-corrected chi connectivity index (χ4v) is 3.28. The molecule has 2 rings (SSSR count). The molecule has 1 aliphatic carbocycles. The zero-order valence-corrected chi connectivity index (χ0v) is 14.2. The summed E-state index contributed by atoms with van der Waals surface area (Å²) in [6, 6.07) is 0.406. The van der Waals surface area contributed by atoms with Gasteiger partial charge >= 0.3 is 0 Å². The molecule has 0 radical (unpaired) electrons. The number of rotatable bonds is 4. The highest BCUT2D eigenvalue weighted by molar-refractivity contribution is 7.80. The lowest BCUT2D eigenvalue weighted by Crippen LogP contribution is -2.53. The lowest BCUT2D eigenvalue weighted by atomic mass is 9.96. The number of nitrogens with zero attached hydrogens (tertiary/aromatic N) is 3. The summed E-state index contributed by atoms with van der Waals surface area (Å²) in [4.78, 5) is 0. The Balaban J connectivity index is 1.75. The van der Waals surface area contributed by atoms with Crippen LogP contribution in [0.25, 0.3) is 0 Å². The molecular formula is C15H29N5S. The first-order valence-electron chi connectivity index (χ1n) is 8.31. The van der Waals surface area contributed by atoms with E-state index >= 15 is 0 Å². The van der Waals surface area contributed by atoms with Crippen LogP contribution in [-0.4, -0.2) is 34.9 Å². The Labute approximate surface area is 133 Å². The van der Waals surface area contributed by atoms with Gasteiger partial charge in [0.1, 0.15) is 5.66 Å². The second-order valence-corrected chi connectivity index (χ2v) is 7.09. The number of thiocarbonyl (C=S) groups is 1. The summed E-state index contributed by atoms with van der Waals surface area (Å²) in [5.74, 6) is 0. The van der Waals surface area contributed by atoms with Gasteiger partial charge in [0.2, 0.25) is 0 Å². The Kier molecular flexibility index (Phi) is 6.36. The van der Waals surface area contributed by atoms with Crippen LogP contribution in [0, 0.1) is 0 Å². The van der Waals surface area contributed by atoms with Crippen molar-refractivity contribution in [3.8, 4) is 0 Å². The maximum atomic E-state index is 5.39. The van der Waals surface area contributed by atoms with Crippen molar-refractivity contribution in [2.75, 3.05) is 13.1 Å². The molecule has 2 N–H and O–H groups in total. The van der Waals surface area contributed by atoms with Crippen molar-refractivity contribution in [3.63, 3.8) is 0 Å². The molecule has 0 aromatic heterocycles. The number of azo groups is 1. The van der Waals surface area contributed by atoms with Crippen LogP contribution in [-0.2, 0) is 0 Å². The van der Waals surface area contributed by atoms with Crippen molar-refractivity contribution in [1.82, 2.24) is 15.8 Å². The topological polar surface area (TPSA) is 52.0 Å². The lowest BCUT2D eigenvalue weighted by Gasteiger charge is -2.30. The molecule has 2 aliphatic rings. The van der Waals surface area contributed by atoms with Gasteiger partial charge in [-0.1, -0.05) is 25.7 Å². The third kappa shape index (κ3) is 6.26. The molecule has 1 saturated carbocycles. The summed E-state index contributed by atoms with van der Waals surface area (Å²) in [7, 11) is 0. The summed E-state index contributed by atoms with van der Waals surface area (Å²) in [6.07, 6.45) is 10.1. The molecule has 0 unspecified atom stereocenters. The number of hydrazine groups is 1. The van der Waals surface area contributed by atoms with Gasteiger partial charge in [-0.25, -0.2) is 5.01 Å². The molecule has 1 aliphatic heterocycles. The average molecular weight is 311 g/mol. The molecule has 2 fully saturated rings. The second kappa shape index (κ2) is 8.03. The normalized spacial score (nSPS) is 22.4. The number of hydrogen-bond acceptors (Lipinski definition) is 4. The van der Waals surface area contributed by atoms with Gasteiger partial charge in [0.25, 0.3) is 0 Å². The molecular weight excluding hydrogens is 282 g/mol. The molecule has 1 heterocycles. The van der Waals surface area contributed by atoms with Gasteiger partial charge in [0.15, 0.2) is 5.11 Å². The monoisotopic (exact) mass is 311 g/mol. The quantitative estimate of drug-likeness (QED) is 0.617. The summed E-state index contributed by atoms with van der Waals surface area (Å²) in [5, 5.41) is 15.1. The van der Waals surface area contributed by atoms with Crippen LogP contribution in [0.5, 0.6) is 0 Å². The molecule has 0 aromatic rings. The molecule has 0 aromatic carbocycles. The van der Waals surface area contributed by atoms with Crippen LogP contribution in [0.2, 0.25) is 0 Å². The SMILES string of the molecule is CC(C)(N=NC1CCCCC1)NC(=S)NN1CCCCC1. The summed E-state index contributed by atoms with van der Waals surface area (Å²) < 4.78 is 0. The van der Waals surface area contributed by atoms with Gasteiger partial charge < -0.3 is 5.32 Å². The first kappa shape index (κ1) is 16.6. The van der Waals surface area contributed by atoms with Crippen molar-refractivity contribution in [1.29, 1.82) is 0 Å². The van der Waals surface area contributed by atoms with Crippen molar-refractivity contribution in [2.45, 2.75) is 76.9 Å². The minimum absolute atomic E-state index is 0.406. The molecule has 5 nitrogen and oxygen atoms in total. The summed E-state index contributed by atoms with van der Waals surface area (Å²) in [5.41, 5.74) is 2.82. The highest BCUT2D eigenvalue weighted by Crippen LogP contribution is 2.21. The Bertz CT molecular complexity index is 357. The van der Waals surface area contributed by atoms with E-state index in [0.29, 0.717) is 11.2 Å². The van der Waals surface area contributed by atoms with E-state index in [9.17, 15) is 0 Å². The standard InChI is InChI=1S/C15H29N5S/c1-15(2,19-17-13-9-5-3-6-10-13)16-14(21)18-20-11-7-4-8-12-20/h13H,3-12H2,1-2H3,(H2,16,18,21). The van der Waals surface area contributed by atoms with E-state index in [2.05, 4.69) is 26.0 Å². The van der Waals surface area contributed by atoms with E-state index in [0.717, 1.165) is 13.1 Å². The second-order valence-electron chi connectivity index (χ2n) is 6.68. The largest absolute Gasteiger partial charge is 0.336 e. The Hall–Kier alpha value is -0.750. The highest BCUT2D eigenvalue weighted by atomic mass is 32.1. The predicted molar refractivity (Wildman–Crippen MR) is 90.1 cm³/mol. The highest BCUT2D eigenvalue weighted by Gasteiger charge is 2.20. The summed E-state index contributed by atoms with van der Waals surface area (Å²) in [6.45, 7) is 6.16. The Morgan fingerprint density at radius 1 is 1.05 bits per heavy atom. The maximum Gasteiger partial charge on any atom is 0.182 e. The first-order chi connectivity index (χ1) is 10.1. The minimum atomic E-state index is -0.447. The van der Waals surface area contributed by atoms with E-state index in [4.69, 9.17) is 12.2 Å². The number of piperidine rings is 1. The molecule has 0 atom stereocenters. The fraction of sp³-hybridized carbons (Fsp3) is 0.933. The van der Waals surface area contributed by atoms with E-state index in [1.807, 2.05) is 13.8 Å². The summed E-state index contributed by atoms with van der Waals surface area (Å²) >= 11 is 5.39. The molecule has 0 spiro atoms. The maximum absolute atomic E-state index is 5.39. The molecule has 120 valence electrons. The van der Waals surface area contributed by atoms with Crippen LogP contribution in [0.1, 0.15) is 65.2 Å². The molecule has 21 heavy (non-hydrogen) atoms. The molecule has 6 heteroatoms. The van der Waals surface area contributed by atoms with Crippen molar-refractivity contribution >= 4 is 17.3 Å². The third-order valence-corrected chi connectivity index (χ3v) is 4.27. The van der Waals surface area contributed by atoms with Crippen LogP contribution < -0.4 is 10.7 Å². The zero-order valence-electron chi connectivity index (χ0n) is 13.4. The van der Waals surface area contributed by atoms with E-state index < -0.39 is 5.66 Å².